The molecular weight excluding hydrogens is 238 g/mol. The molecular formula is C12H14ClN3O. The van der Waals surface area contributed by atoms with Gasteiger partial charge < -0.3 is 15.5 Å². The highest BCUT2D eigenvalue weighted by Crippen LogP contribution is 2.30. The molecule has 0 saturated carbocycles. The van der Waals surface area contributed by atoms with Gasteiger partial charge in [-0.1, -0.05) is 17.7 Å². The Kier molecular flexibility index (Phi) is 2.58. The lowest BCUT2D eigenvalue weighted by atomic mass is 9.91. The van der Waals surface area contributed by atoms with Gasteiger partial charge in [-0.05, 0) is 25.0 Å². The van der Waals surface area contributed by atoms with Crippen LogP contribution < -0.4 is 5.73 Å². The predicted octanol–water partition coefficient (Wildman–Crippen LogP) is 2.18. The third-order valence-corrected chi connectivity index (χ3v) is 3.63. The minimum Gasteiger partial charge on any atom is -0.381 e. The van der Waals surface area contributed by atoms with Crippen molar-refractivity contribution in [3.05, 3.63) is 29.0 Å². The molecule has 3 rings (SSSR count). The van der Waals surface area contributed by atoms with E-state index in [2.05, 4.69) is 9.97 Å². The molecule has 0 spiro atoms. The van der Waals surface area contributed by atoms with Crippen LogP contribution in [-0.2, 0) is 10.3 Å². The number of imidazole rings is 1. The van der Waals surface area contributed by atoms with Crippen LogP contribution in [0.4, 0.5) is 0 Å². The van der Waals surface area contributed by atoms with Crippen molar-refractivity contribution in [3.8, 4) is 0 Å². The fourth-order valence-electron chi connectivity index (χ4n) is 2.21. The number of nitrogens with two attached hydrogens (primary N) is 1. The molecule has 4 nitrogen and oxygen atoms in total. The van der Waals surface area contributed by atoms with Crippen molar-refractivity contribution in [1.29, 1.82) is 0 Å². The van der Waals surface area contributed by atoms with Crippen LogP contribution >= 0.6 is 11.6 Å². The number of hydrogen-bond acceptors (Lipinski definition) is 3. The average Bonchev–Trinajstić information content (AvgIpc) is 2.76. The number of rotatable bonds is 1. The highest BCUT2D eigenvalue weighted by molar-refractivity contribution is 6.34. The first-order valence-corrected chi connectivity index (χ1v) is 6.08. The van der Waals surface area contributed by atoms with Crippen LogP contribution in [-0.4, -0.2) is 23.2 Å². The van der Waals surface area contributed by atoms with Gasteiger partial charge in [0.25, 0.3) is 0 Å². The van der Waals surface area contributed by atoms with Gasteiger partial charge >= 0.3 is 0 Å². The van der Waals surface area contributed by atoms with Gasteiger partial charge in [-0.15, -0.1) is 0 Å². The molecule has 5 heteroatoms. The van der Waals surface area contributed by atoms with Crippen LogP contribution in [0.5, 0.6) is 0 Å². The van der Waals surface area contributed by atoms with E-state index in [1.54, 1.807) is 0 Å². The summed E-state index contributed by atoms with van der Waals surface area (Å²) in [6, 6.07) is 5.70. The maximum Gasteiger partial charge on any atom is 0.127 e. The van der Waals surface area contributed by atoms with E-state index in [4.69, 9.17) is 22.1 Å². The van der Waals surface area contributed by atoms with Crippen molar-refractivity contribution >= 4 is 22.6 Å². The summed E-state index contributed by atoms with van der Waals surface area (Å²) in [5, 5.41) is 0.653. The maximum absolute atomic E-state index is 6.38. The van der Waals surface area contributed by atoms with Crippen molar-refractivity contribution < 1.29 is 4.74 Å². The summed E-state index contributed by atoms with van der Waals surface area (Å²) in [6.07, 6.45) is 1.56. The Morgan fingerprint density at radius 3 is 2.82 bits per heavy atom. The van der Waals surface area contributed by atoms with Gasteiger partial charge in [0.1, 0.15) is 11.3 Å². The van der Waals surface area contributed by atoms with E-state index in [1.165, 1.54) is 0 Å². The first-order chi connectivity index (χ1) is 8.19. The Labute approximate surface area is 104 Å². The molecule has 0 bridgehead atoms. The average molecular weight is 252 g/mol. The molecule has 0 unspecified atom stereocenters. The standard InChI is InChI=1S/C12H14ClN3O/c13-8-2-1-3-9-10(8)16-11(15-9)12(14)4-6-17-7-5-12/h1-3H,4-7,14H2,(H,15,16). The third kappa shape index (κ3) is 1.82. The highest BCUT2D eigenvalue weighted by atomic mass is 35.5. The second-order valence-corrected chi connectivity index (χ2v) is 4.90. The molecule has 1 saturated heterocycles. The second-order valence-electron chi connectivity index (χ2n) is 4.49. The van der Waals surface area contributed by atoms with Gasteiger partial charge in [-0.25, -0.2) is 4.98 Å². The summed E-state index contributed by atoms with van der Waals surface area (Å²) >= 11 is 6.11. The number of ether oxygens (including phenoxy) is 1. The summed E-state index contributed by atoms with van der Waals surface area (Å²) in [4.78, 5) is 7.81. The highest BCUT2D eigenvalue weighted by Gasteiger charge is 2.33. The van der Waals surface area contributed by atoms with E-state index in [-0.39, 0.29) is 0 Å². The summed E-state index contributed by atoms with van der Waals surface area (Å²) in [5.74, 6) is 0.809. The lowest BCUT2D eigenvalue weighted by Crippen LogP contribution is -2.43. The van der Waals surface area contributed by atoms with Gasteiger partial charge in [0.2, 0.25) is 0 Å². The topological polar surface area (TPSA) is 63.9 Å². The maximum atomic E-state index is 6.38. The number of H-pyrrole nitrogens is 1. The minimum absolute atomic E-state index is 0.416. The molecule has 1 aromatic carbocycles. The Hall–Kier alpha value is -1.10. The van der Waals surface area contributed by atoms with E-state index >= 15 is 0 Å². The normalized spacial score (nSPS) is 19.6. The third-order valence-electron chi connectivity index (χ3n) is 3.32. The first-order valence-electron chi connectivity index (χ1n) is 5.70. The van der Waals surface area contributed by atoms with Gasteiger partial charge in [-0.3, -0.25) is 0 Å². The number of halogens is 1. The van der Waals surface area contributed by atoms with Gasteiger partial charge in [0.05, 0.1) is 16.1 Å². The molecule has 1 aliphatic heterocycles. The zero-order chi connectivity index (χ0) is 11.9. The summed E-state index contributed by atoms with van der Waals surface area (Å²) in [7, 11) is 0. The molecule has 0 radical (unpaired) electrons. The van der Waals surface area contributed by atoms with Crippen molar-refractivity contribution in [2.24, 2.45) is 5.73 Å². The van der Waals surface area contributed by atoms with E-state index in [9.17, 15) is 0 Å². The quantitative estimate of drug-likeness (QED) is 0.817. The zero-order valence-electron chi connectivity index (χ0n) is 9.37. The smallest absolute Gasteiger partial charge is 0.127 e. The second kappa shape index (κ2) is 3.98. The summed E-state index contributed by atoms with van der Waals surface area (Å²) in [5.41, 5.74) is 7.69. The molecule has 17 heavy (non-hydrogen) atoms. The van der Waals surface area contributed by atoms with Crippen LogP contribution in [0, 0.1) is 0 Å². The Bertz CT molecular complexity index is 546. The van der Waals surface area contributed by atoms with Crippen molar-refractivity contribution in [3.63, 3.8) is 0 Å². The van der Waals surface area contributed by atoms with Crippen LogP contribution in [0.15, 0.2) is 18.2 Å². The summed E-state index contributed by atoms with van der Waals surface area (Å²) < 4.78 is 5.34. The number of nitrogens with zero attached hydrogens (tertiary/aromatic N) is 1. The van der Waals surface area contributed by atoms with Gasteiger partial charge in [-0.2, -0.15) is 0 Å². The first kappa shape index (κ1) is 11.0. The van der Waals surface area contributed by atoms with Gasteiger partial charge in [0, 0.05) is 13.2 Å². The fraction of sp³-hybridized carbons (Fsp3) is 0.417. The summed E-state index contributed by atoms with van der Waals surface area (Å²) in [6.45, 7) is 1.36. The lowest BCUT2D eigenvalue weighted by molar-refractivity contribution is 0.0496. The Morgan fingerprint density at radius 2 is 2.12 bits per heavy atom. The fourth-order valence-corrected chi connectivity index (χ4v) is 2.42. The number of aromatic nitrogens is 2. The van der Waals surface area contributed by atoms with Crippen LogP contribution in [0.1, 0.15) is 18.7 Å². The minimum atomic E-state index is -0.416. The van der Waals surface area contributed by atoms with Crippen LogP contribution in [0.25, 0.3) is 11.0 Å². The Morgan fingerprint density at radius 1 is 1.35 bits per heavy atom. The molecule has 90 valence electrons. The largest absolute Gasteiger partial charge is 0.381 e. The lowest BCUT2D eigenvalue weighted by Gasteiger charge is -2.31. The number of nitrogens with one attached hydrogen (secondary N) is 1. The molecule has 1 aliphatic rings. The molecule has 1 aromatic heterocycles. The van der Waals surface area contributed by atoms with E-state index < -0.39 is 5.54 Å². The zero-order valence-corrected chi connectivity index (χ0v) is 10.1. The molecule has 0 aliphatic carbocycles. The molecule has 3 N–H and O–H groups in total. The van der Waals surface area contributed by atoms with Crippen molar-refractivity contribution in [1.82, 2.24) is 9.97 Å². The monoisotopic (exact) mass is 251 g/mol. The van der Waals surface area contributed by atoms with Crippen molar-refractivity contribution in [2.45, 2.75) is 18.4 Å². The van der Waals surface area contributed by atoms with E-state index in [1.807, 2.05) is 18.2 Å². The molecule has 0 atom stereocenters. The van der Waals surface area contributed by atoms with E-state index in [0.717, 1.165) is 29.7 Å². The Balaban J connectivity index is 2.08. The molecule has 1 fully saturated rings. The number of hydrogen-bond donors (Lipinski definition) is 2. The van der Waals surface area contributed by atoms with Gasteiger partial charge in [0.15, 0.2) is 0 Å². The number of benzene rings is 1. The van der Waals surface area contributed by atoms with Crippen LogP contribution in [0.2, 0.25) is 5.02 Å². The molecule has 2 heterocycles. The molecule has 0 amide bonds. The predicted molar refractivity (Wildman–Crippen MR) is 67.0 cm³/mol. The van der Waals surface area contributed by atoms with Crippen molar-refractivity contribution in [2.75, 3.05) is 13.2 Å². The van der Waals surface area contributed by atoms with Crippen LogP contribution in [0.3, 0.4) is 0 Å². The molecule has 2 aromatic rings. The van der Waals surface area contributed by atoms with E-state index in [0.29, 0.717) is 18.2 Å². The number of para-hydroxylation sites is 1. The number of aromatic amines is 1. The SMILES string of the molecule is NC1(c2nc3c(Cl)cccc3[nH]2)CCOCC1. The number of fused-ring (bicyclic) bond motifs is 1.